The van der Waals surface area contributed by atoms with Crippen molar-refractivity contribution in [3.05, 3.63) is 70.5 Å². The number of hydrogen-bond acceptors (Lipinski definition) is 3. The zero-order valence-corrected chi connectivity index (χ0v) is 14.3. The molecule has 4 nitrogen and oxygen atoms in total. The number of para-hydroxylation sites is 1. The van der Waals surface area contributed by atoms with Gasteiger partial charge in [0.25, 0.3) is 5.56 Å². The largest absolute Gasteiger partial charge is 0.353 e. The SMILES string of the molecule is O=c1c2ccccc2nc(NC2CCCCC2)n1Cc1ccccc1. The standard InChI is InChI=1S/C21H23N3O/c25-20-18-13-7-8-14-19(18)23-21(22-17-11-5-2-6-12-17)24(20)15-16-9-3-1-4-10-16/h1,3-4,7-10,13-14,17H,2,5-6,11-12,15H2,(H,22,23). The van der Waals surface area contributed by atoms with Crippen molar-refractivity contribution in [2.75, 3.05) is 5.32 Å². The molecule has 1 N–H and O–H groups in total. The Balaban J connectivity index is 1.77. The van der Waals surface area contributed by atoms with Crippen molar-refractivity contribution in [3.63, 3.8) is 0 Å². The van der Waals surface area contributed by atoms with Gasteiger partial charge in [-0.2, -0.15) is 0 Å². The van der Waals surface area contributed by atoms with Crippen molar-refractivity contribution in [1.29, 1.82) is 0 Å². The first kappa shape index (κ1) is 15.9. The van der Waals surface area contributed by atoms with E-state index in [-0.39, 0.29) is 5.56 Å². The average Bonchev–Trinajstić information content (AvgIpc) is 2.67. The second-order valence-corrected chi connectivity index (χ2v) is 6.81. The molecular formula is C21H23N3O. The van der Waals surface area contributed by atoms with Gasteiger partial charge in [0.15, 0.2) is 0 Å². The molecule has 128 valence electrons. The van der Waals surface area contributed by atoms with Crippen LogP contribution in [-0.2, 0) is 6.54 Å². The van der Waals surface area contributed by atoms with E-state index in [9.17, 15) is 4.79 Å². The fourth-order valence-electron chi connectivity index (χ4n) is 3.62. The number of benzene rings is 2. The first-order valence-corrected chi connectivity index (χ1v) is 9.11. The summed E-state index contributed by atoms with van der Waals surface area (Å²) in [6, 6.07) is 18.1. The van der Waals surface area contributed by atoms with Crippen molar-refractivity contribution in [2.45, 2.75) is 44.7 Å². The third kappa shape index (κ3) is 3.43. The predicted molar refractivity (Wildman–Crippen MR) is 102 cm³/mol. The van der Waals surface area contributed by atoms with Crippen LogP contribution in [0.5, 0.6) is 0 Å². The molecule has 0 atom stereocenters. The summed E-state index contributed by atoms with van der Waals surface area (Å²) in [5, 5.41) is 4.23. The second-order valence-electron chi connectivity index (χ2n) is 6.81. The molecule has 2 aromatic carbocycles. The molecule has 0 amide bonds. The molecule has 1 aliphatic rings. The molecule has 4 heteroatoms. The van der Waals surface area contributed by atoms with Crippen molar-refractivity contribution in [3.8, 4) is 0 Å². The smallest absolute Gasteiger partial charge is 0.263 e. The number of anilines is 1. The van der Waals surface area contributed by atoms with Gasteiger partial charge in [-0.05, 0) is 30.5 Å². The second kappa shape index (κ2) is 7.09. The van der Waals surface area contributed by atoms with Gasteiger partial charge < -0.3 is 5.32 Å². The molecule has 0 aliphatic heterocycles. The molecule has 1 fully saturated rings. The van der Waals surface area contributed by atoms with Crippen molar-refractivity contribution in [2.24, 2.45) is 0 Å². The molecule has 0 spiro atoms. The molecule has 0 radical (unpaired) electrons. The minimum atomic E-state index is 0.0211. The van der Waals surface area contributed by atoms with Crippen molar-refractivity contribution in [1.82, 2.24) is 9.55 Å². The summed E-state index contributed by atoms with van der Waals surface area (Å²) in [5.74, 6) is 0.694. The van der Waals surface area contributed by atoms with E-state index < -0.39 is 0 Å². The maximum absolute atomic E-state index is 13.1. The number of nitrogens with one attached hydrogen (secondary N) is 1. The summed E-state index contributed by atoms with van der Waals surface area (Å²) in [5.41, 5.74) is 1.89. The molecule has 1 aromatic heterocycles. The van der Waals surface area contributed by atoms with Gasteiger partial charge in [0.05, 0.1) is 17.4 Å². The lowest BCUT2D eigenvalue weighted by Crippen LogP contribution is -2.30. The summed E-state index contributed by atoms with van der Waals surface area (Å²) in [7, 11) is 0. The maximum Gasteiger partial charge on any atom is 0.263 e. The van der Waals surface area contributed by atoms with E-state index in [1.54, 1.807) is 4.57 Å². The number of nitrogens with zero attached hydrogens (tertiary/aromatic N) is 2. The fourth-order valence-corrected chi connectivity index (χ4v) is 3.62. The van der Waals surface area contributed by atoms with Crippen LogP contribution in [0.3, 0.4) is 0 Å². The van der Waals surface area contributed by atoms with E-state index >= 15 is 0 Å². The van der Waals surface area contributed by atoms with Gasteiger partial charge in [-0.15, -0.1) is 0 Å². The molecule has 0 bridgehead atoms. The lowest BCUT2D eigenvalue weighted by molar-refractivity contribution is 0.458. The van der Waals surface area contributed by atoms with Crippen LogP contribution in [-0.4, -0.2) is 15.6 Å². The lowest BCUT2D eigenvalue weighted by atomic mass is 9.96. The van der Waals surface area contributed by atoms with Gasteiger partial charge in [0.2, 0.25) is 5.95 Å². The highest BCUT2D eigenvalue weighted by Gasteiger charge is 2.17. The van der Waals surface area contributed by atoms with E-state index in [0.29, 0.717) is 23.9 Å². The number of hydrogen-bond donors (Lipinski definition) is 1. The Labute approximate surface area is 147 Å². The van der Waals surface area contributed by atoms with Crippen LogP contribution in [0.2, 0.25) is 0 Å². The Bertz CT molecular complexity index is 911. The van der Waals surface area contributed by atoms with Gasteiger partial charge in [0, 0.05) is 6.04 Å². The van der Waals surface area contributed by atoms with Crippen LogP contribution in [0.1, 0.15) is 37.7 Å². The van der Waals surface area contributed by atoms with Gasteiger partial charge in [0.1, 0.15) is 0 Å². The molecular weight excluding hydrogens is 310 g/mol. The normalized spacial score (nSPS) is 15.4. The third-order valence-electron chi connectivity index (χ3n) is 4.98. The van der Waals surface area contributed by atoms with Crippen LogP contribution in [0.25, 0.3) is 10.9 Å². The molecule has 25 heavy (non-hydrogen) atoms. The Morgan fingerprint density at radius 1 is 0.960 bits per heavy atom. The summed E-state index contributed by atoms with van der Waals surface area (Å²) >= 11 is 0. The van der Waals surface area contributed by atoms with Crippen LogP contribution < -0.4 is 10.9 Å². The third-order valence-corrected chi connectivity index (χ3v) is 4.98. The number of fused-ring (bicyclic) bond motifs is 1. The monoisotopic (exact) mass is 333 g/mol. The summed E-state index contributed by atoms with van der Waals surface area (Å²) in [6.07, 6.45) is 6.09. The minimum absolute atomic E-state index is 0.0211. The maximum atomic E-state index is 13.1. The highest BCUT2D eigenvalue weighted by molar-refractivity contribution is 5.78. The molecule has 1 aliphatic carbocycles. The summed E-state index contributed by atoms with van der Waals surface area (Å²) in [6.45, 7) is 0.534. The van der Waals surface area contributed by atoms with Gasteiger partial charge in [-0.1, -0.05) is 61.7 Å². The summed E-state index contributed by atoms with van der Waals surface area (Å²) in [4.78, 5) is 17.9. The van der Waals surface area contributed by atoms with Crippen LogP contribution >= 0.6 is 0 Å². The average molecular weight is 333 g/mol. The first-order chi connectivity index (χ1) is 12.3. The van der Waals surface area contributed by atoms with Gasteiger partial charge in [-0.25, -0.2) is 4.98 Å². The highest BCUT2D eigenvalue weighted by atomic mass is 16.1. The zero-order chi connectivity index (χ0) is 17.1. The minimum Gasteiger partial charge on any atom is -0.353 e. The Morgan fingerprint density at radius 3 is 2.48 bits per heavy atom. The first-order valence-electron chi connectivity index (χ1n) is 9.11. The zero-order valence-electron chi connectivity index (χ0n) is 14.3. The van der Waals surface area contributed by atoms with Crippen LogP contribution in [0, 0.1) is 0 Å². The molecule has 1 saturated carbocycles. The Kier molecular flexibility index (Phi) is 4.51. The van der Waals surface area contributed by atoms with E-state index in [0.717, 1.165) is 23.9 Å². The van der Waals surface area contributed by atoms with E-state index in [4.69, 9.17) is 4.98 Å². The van der Waals surface area contributed by atoms with Crippen molar-refractivity contribution >= 4 is 16.9 Å². The van der Waals surface area contributed by atoms with Gasteiger partial charge in [-0.3, -0.25) is 9.36 Å². The Hall–Kier alpha value is -2.62. The number of rotatable bonds is 4. The van der Waals surface area contributed by atoms with E-state index in [1.807, 2.05) is 54.6 Å². The Morgan fingerprint density at radius 2 is 1.68 bits per heavy atom. The molecule has 0 unspecified atom stereocenters. The molecule has 4 rings (SSSR count). The quantitative estimate of drug-likeness (QED) is 0.779. The molecule has 1 heterocycles. The molecule has 0 saturated heterocycles. The van der Waals surface area contributed by atoms with E-state index in [2.05, 4.69) is 5.32 Å². The van der Waals surface area contributed by atoms with Crippen LogP contribution in [0.4, 0.5) is 5.95 Å². The van der Waals surface area contributed by atoms with E-state index in [1.165, 1.54) is 19.3 Å². The topological polar surface area (TPSA) is 46.9 Å². The van der Waals surface area contributed by atoms with Crippen molar-refractivity contribution < 1.29 is 0 Å². The molecule has 3 aromatic rings. The van der Waals surface area contributed by atoms with Gasteiger partial charge >= 0.3 is 0 Å². The predicted octanol–water partition coefficient (Wildman–Crippen LogP) is 4.19. The fraction of sp³-hybridized carbons (Fsp3) is 0.333. The lowest BCUT2D eigenvalue weighted by Gasteiger charge is -2.25. The summed E-state index contributed by atoms with van der Waals surface area (Å²) < 4.78 is 1.78. The highest BCUT2D eigenvalue weighted by Crippen LogP contribution is 2.22. The number of aromatic nitrogens is 2. The van der Waals surface area contributed by atoms with Crippen LogP contribution in [0.15, 0.2) is 59.4 Å².